The molecule has 1 fully saturated rings. The van der Waals surface area contributed by atoms with Gasteiger partial charge in [0.05, 0.1) is 5.92 Å². The summed E-state index contributed by atoms with van der Waals surface area (Å²) in [6.07, 6.45) is 1.53. The highest BCUT2D eigenvalue weighted by molar-refractivity contribution is 5.48. The zero-order chi connectivity index (χ0) is 21.9. The van der Waals surface area contributed by atoms with E-state index in [9.17, 15) is 9.50 Å². The highest BCUT2D eigenvalue weighted by Crippen LogP contribution is 2.48. The minimum absolute atomic E-state index is 0.126. The Bertz CT molecular complexity index is 1030. The van der Waals surface area contributed by atoms with E-state index in [2.05, 4.69) is 17.0 Å². The van der Waals surface area contributed by atoms with Gasteiger partial charge in [-0.2, -0.15) is 0 Å². The fourth-order valence-corrected chi connectivity index (χ4v) is 4.91. The SMILES string of the molecule is OC1Oc2ccccc2C(c2ccc(OCCN3CCCC3)cc2)C1c1ccc(F)cc1. The zero-order valence-corrected chi connectivity index (χ0v) is 18.0. The number of rotatable bonds is 6. The summed E-state index contributed by atoms with van der Waals surface area (Å²) in [7, 11) is 0. The molecule has 5 heteroatoms. The molecular formula is C27H28FNO3. The molecular weight excluding hydrogens is 405 g/mol. The number of para-hydroxylation sites is 1. The van der Waals surface area contributed by atoms with E-state index >= 15 is 0 Å². The average Bonchev–Trinajstić information content (AvgIpc) is 3.33. The second kappa shape index (κ2) is 9.31. The maximum Gasteiger partial charge on any atom is 0.205 e. The first-order valence-electron chi connectivity index (χ1n) is 11.3. The van der Waals surface area contributed by atoms with Crippen LogP contribution < -0.4 is 9.47 Å². The molecule has 1 saturated heterocycles. The molecule has 0 aromatic heterocycles. The highest BCUT2D eigenvalue weighted by Gasteiger charge is 2.39. The molecule has 3 unspecified atom stereocenters. The van der Waals surface area contributed by atoms with Gasteiger partial charge < -0.3 is 14.6 Å². The van der Waals surface area contributed by atoms with Crippen molar-refractivity contribution in [2.24, 2.45) is 0 Å². The predicted octanol–water partition coefficient (Wildman–Crippen LogP) is 4.93. The van der Waals surface area contributed by atoms with Crippen LogP contribution in [0.3, 0.4) is 0 Å². The molecule has 1 N–H and O–H groups in total. The Balaban J connectivity index is 1.41. The average molecular weight is 434 g/mol. The minimum atomic E-state index is -1.03. The van der Waals surface area contributed by atoms with Crippen molar-refractivity contribution in [2.45, 2.75) is 31.0 Å². The lowest BCUT2D eigenvalue weighted by atomic mass is 9.75. The van der Waals surface area contributed by atoms with Crippen molar-refractivity contribution in [3.8, 4) is 11.5 Å². The largest absolute Gasteiger partial charge is 0.492 e. The number of ether oxygens (including phenoxy) is 2. The molecule has 0 amide bonds. The van der Waals surface area contributed by atoms with E-state index in [0.717, 1.165) is 29.0 Å². The Morgan fingerprint density at radius 2 is 1.59 bits per heavy atom. The molecule has 2 aliphatic heterocycles. The molecule has 32 heavy (non-hydrogen) atoms. The van der Waals surface area contributed by atoms with E-state index < -0.39 is 6.29 Å². The molecule has 3 atom stereocenters. The normalized spacial score (nSPS) is 22.9. The molecule has 166 valence electrons. The highest BCUT2D eigenvalue weighted by atomic mass is 19.1. The van der Waals surface area contributed by atoms with Crippen molar-refractivity contribution in [3.05, 3.63) is 95.3 Å². The summed E-state index contributed by atoms with van der Waals surface area (Å²) in [4.78, 5) is 2.43. The van der Waals surface area contributed by atoms with Gasteiger partial charge in [0.25, 0.3) is 0 Å². The van der Waals surface area contributed by atoms with Crippen molar-refractivity contribution in [3.63, 3.8) is 0 Å². The van der Waals surface area contributed by atoms with E-state index in [1.807, 2.05) is 36.4 Å². The van der Waals surface area contributed by atoms with E-state index in [4.69, 9.17) is 9.47 Å². The third kappa shape index (κ3) is 4.36. The monoisotopic (exact) mass is 433 g/mol. The van der Waals surface area contributed by atoms with Crippen molar-refractivity contribution >= 4 is 0 Å². The second-order valence-corrected chi connectivity index (χ2v) is 8.57. The third-order valence-corrected chi connectivity index (χ3v) is 6.54. The Morgan fingerprint density at radius 3 is 2.34 bits per heavy atom. The number of hydrogen-bond donors (Lipinski definition) is 1. The number of likely N-dealkylation sites (tertiary alicyclic amines) is 1. The van der Waals surface area contributed by atoms with E-state index in [0.29, 0.717) is 12.4 Å². The van der Waals surface area contributed by atoms with Crippen LogP contribution in [0.1, 0.15) is 41.4 Å². The van der Waals surface area contributed by atoms with Crippen molar-refractivity contribution in [2.75, 3.05) is 26.2 Å². The van der Waals surface area contributed by atoms with Gasteiger partial charge in [0.15, 0.2) is 0 Å². The molecule has 3 aromatic carbocycles. The Kier molecular flexibility index (Phi) is 6.10. The summed E-state index contributed by atoms with van der Waals surface area (Å²) in [6.45, 7) is 3.96. The number of aliphatic hydroxyl groups excluding tert-OH is 1. The maximum absolute atomic E-state index is 13.5. The summed E-state index contributed by atoms with van der Waals surface area (Å²) in [6, 6.07) is 22.2. The van der Waals surface area contributed by atoms with E-state index in [1.165, 1.54) is 38.1 Å². The fraction of sp³-hybridized carbons (Fsp3) is 0.333. The Morgan fingerprint density at radius 1 is 0.906 bits per heavy atom. The quantitative estimate of drug-likeness (QED) is 0.599. The first-order chi connectivity index (χ1) is 15.7. The second-order valence-electron chi connectivity index (χ2n) is 8.57. The summed E-state index contributed by atoms with van der Waals surface area (Å²) in [5.41, 5.74) is 2.90. The molecule has 0 spiro atoms. The molecule has 2 heterocycles. The van der Waals surface area contributed by atoms with Crippen LogP contribution in [-0.4, -0.2) is 42.5 Å². The Labute approximate surface area is 188 Å². The van der Waals surface area contributed by atoms with Crippen LogP contribution in [0.25, 0.3) is 0 Å². The number of nitrogens with zero attached hydrogens (tertiary/aromatic N) is 1. The van der Waals surface area contributed by atoms with Gasteiger partial charge in [-0.1, -0.05) is 42.5 Å². The zero-order valence-electron chi connectivity index (χ0n) is 18.0. The van der Waals surface area contributed by atoms with Crippen molar-refractivity contribution in [1.82, 2.24) is 4.90 Å². The van der Waals surface area contributed by atoms with Crippen LogP contribution in [0, 0.1) is 5.82 Å². The van der Waals surface area contributed by atoms with Crippen molar-refractivity contribution < 1.29 is 19.0 Å². The molecule has 5 rings (SSSR count). The molecule has 0 radical (unpaired) electrons. The summed E-state index contributed by atoms with van der Waals surface area (Å²) in [5.74, 6) is 0.736. The standard InChI is InChI=1S/C27H28FNO3/c28-21-11-7-20(8-12-21)26-25(23-5-1-2-6-24(23)32-27(26)30)19-9-13-22(14-10-19)31-18-17-29-15-3-4-16-29/h1-2,5-14,25-27,30H,3-4,15-18H2. The first kappa shape index (κ1) is 21.0. The predicted molar refractivity (Wildman–Crippen MR) is 122 cm³/mol. The first-order valence-corrected chi connectivity index (χ1v) is 11.3. The number of halogens is 1. The summed E-state index contributed by atoms with van der Waals surface area (Å²) in [5, 5.41) is 10.9. The molecule has 0 saturated carbocycles. The number of benzene rings is 3. The van der Waals surface area contributed by atoms with Gasteiger partial charge in [0, 0.05) is 18.0 Å². The lowest BCUT2D eigenvalue weighted by molar-refractivity contribution is -0.0531. The molecule has 0 bridgehead atoms. The van der Waals surface area contributed by atoms with Crippen LogP contribution in [0.2, 0.25) is 0 Å². The van der Waals surface area contributed by atoms with E-state index in [-0.39, 0.29) is 17.7 Å². The maximum atomic E-state index is 13.5. The number of fused-ring (bicyclic) bond motifs is 1. The van der Waals surface area contributed by atoms with Crippen LogP contribution in [0.4, 0.5) is 4.39 Å². The molecule has 2 aliphatic rings. The van der Waals surface area contributed by atoms with Gasteiger partial charge in [0.2, 0.25) is 6.29 Å². The number of aliphatic hydroxyl groups is 1. The van der Waals surface area contributed by atoms with Crippen LogP contribution in [0.5, 0.6) is 11.5 Å². The van der Waals surface area contributed by atoms with Gasteiger partial charge in [-0.15, -0.1) is 0 Å². The molecule has 0 aliphatic carbocycles. The number of hydrogen-bond acceptors (Lipinski definition) is 4. The van der Waals surface area contributed by atoms with Crippen LogP contribution in [-0.2, 0) is 0 Å². The minimum Gasteiger partial charge on any atom is -0.492 e. The topological polar surface area (TPSA) is 41.9 Å². The van der Waals surface area contributed by atoms with Gasteiger partial charge in [-0.3, -0.25) is 4.90 Å². The van der Waals surface area contributed by atoms with Gasteiger partial charge in [-0.25, -0.2) is 4.39 Å². The fourth-order valence-electron chi connectivity index (χ4n) is 4.91. The van der Waals surface area contributed by atoms with Gasteiger partial charge in [-0.05, 0) is 67.4 Å². The van der Waals surface area contributed by atoms with Gasteiger partial charge in [0.1, 0.15) is 23.9 Å². The lowest BCUT2D eigenvalue weighted by Crippen LogP contribution is -2.34. The third-order valence-electron chi connectivity index (χ3n) is 6.54. The summed E-state index contributed by atoms with van der Waals surface area (Å²) < 4.78 is 25.4. The van der Waals surface area contributed by atoms with Gasteiger partial charge >= 0.3 is 0 Å². The van der Waals surface area contributed by atoms with Crippen molar-refractivity contribution in [1.29, 1.82) is 0 Å². The van der Waals surface area contributed by atoms with Crippen LogP contribution >= 0.6 is 0 Å². The smallest absolute Gasteiger partial charge is 0.205 e. The summed E-state index contributed by atoms with van der Waals surface area (Å²) >= 11 is 0. The lowest BCUT2D eigenvalue weighted by Gasteiger charge is -2.38. The van der Waals surface area contributed by atoms with E-state index in [1.54, 1.807) is 12.1 Å². The molecule has 3 aromatic rings. The van der Waals surface area contributed by atoms with Crippen LogP contribution in [0.15, 0.2) is 72.8 Å². The Hall–Kier alpha value is -2.89. The molecule has 4 nitrogen and oxygen atoms in total.